The second-order valence-corrected chi connectivity index (χ2v) is 4.28. The highest BCUT2D eigenvalue weighted by atomic mass is 16.5. The van der Waals surface area contributed by atoms with Crippen LogP contribution in [0.3, 0.4) is 0 Å². The van der Waals surface area contributed by atoms with Crippen LogP contribution in [0, 0.1) is 6.92 Å². The van der Waals surface area contributed by atoms with Crippen LogP contribution in [0.1, 0.15) is 31.7 Å². The number of rotatable bonds is 6. The van der Waals surface area contributed by atoms with Gasteiger partial charge >= 0.3 is 5.97 Å². The van der Waals surface area contributed by atoms with Crippen molar-refractivity contribution in [1.82, 2.24) is 10.1 Å². The highest BCUT2D eigenvalue weighted by Crippen LogP contribution is 2.09. The molecule has 0 aliphatic rings. The van der Waals surface area contributed by atoms with Crippen molar-refractivity contribution in [2.45, 2.75) is 39.7 Å². The van der Waals surface area contributed by atoms with Gasteiger partial charge in [-0.25, -0.2) is 0 Å². The lowest BCUT2D eigenvalue weighted by molar-refractivity contribution is -0.145. The monoisotopic (exact) mass is 254 g/mol. The molecule has 0 aliphatic carbocycles. The number of aryl methyl sites for hydroxylation is 1. The number of hydrogen-bond acceptors (Lipinski definition) is 4. The summed E-state index contributed by atoms with van der Waals surface area (Å²) in [6.45, 7) is 5.19. The Bertz CT molecular complexity index is 427. The first-order valence-electron chi connectivity index (χ1n) is 5.87. The van der Waals surface area contributed by atoms with Crippen LogP contribution >= 0.6 is 0 Å². The van der Waals surface area contributed by atoms with E-state index in [1.54, 1.807) is 13.0 Å². The SMILES string of the molecule is CC[C@@H](C)N(CC(=O)O)C(=O)Cc1cc(C)on1. The molecule has 0 saturated heterocycles. The van der Waals surface area contributed by atoms with Gasteiger partial charge in [-0.2, -0.15) is 0 Å². The van der Waals surface area contributed by atoms with Crippen LogP contribution in [-0.2, 0) is 16.0 Å². The van der Waals surface area contributed by atoms with Crippen molar-refractivity contribution in [3.63, 3.8) is 0 Å². The fourth-order valence-electron chi connectivity index (χ4n) is 1.61. The van der Waals surface area contributed by atoms with Crippen molar-refractivity contribution in [2.24, 2.45) is 0 Å². The van der Waals surface area contributed by atoms with Crippen LogP contribution in [0.25, 0.3) is 0 Å². The Morgan fingerprint density at radius 1 is 1.56 bits per heavy atom. The Balaban J connectivity index is 2.72. The van der Waals surface area contributed by atoms with E-state index in [1.165, 1.54) is 4.90 Å². The third-order valence-corrected chi connectivity index (χ3v) is 2.76. The largest absolute Gasteiger partial charge is 0.480 e. The molecule has 0 bridgehead atoms. The van der Waals surface area contributed by atoms with Gasteiger partial charge in [0.1, 0.15) is 12.3 Å². The molecule has 1 rings (SSSR count). The fourth-order valence-corrected chi connectivity index (χ4v) is 1.61. The van der Waals surface area contributed by atoms with Crippen LogP contribution in [0.4, 0.5) is 0 Å². The van der Waals surface area contributed by atoms with Crippen molar-refractivity contribution < 1.29 is 19.2 Å². The van der Waals surface area contributed by atoms with Crippen LogP contribution in [0.5, 0.6) is 0 Å². The van der Waals surface area contributed by atoms with E-state index in [9.17, 15) is 9.59 Å². The molecule has 0 aliphatic heterocycles. The molecule has 18 heavy (non-hydrogen) atoms. The standard InChI is InChI=1S/C12H18N2O4/c1-4-8(2)14(7-12(16)17)11(15)6-10-5-9(3)18-13-10/h5,8H,4,6-7H2,1-3H3,(H,16,17)/t8-/m1/s1. The van der Waals surface area contributed by atoms with Gasteiger partial charge in [-0.1, -0.05) is 12.1 Å². The summed E-state index contributed by atoms with van der Waals surface area (Å²) in [7, 11) is 0. The summed E-state index contributed by atoms with van der Waals surface area (Å²) in [5, 5.41) is 12.6. The van der Waals surface area contributed by atoms with Gasteiger partial charge in [0.2, 0.25) is 5.91 Å². The molecule has 1 N–H and O–H groups in total. The summed E-state index contributed by atoms with van der Waals surface area (Å²) < 4.78 is 4.88. The first-order chi connectivity index (χ1) is 8.43. The van der Waals surface area contributed by atoms with Gasteiger partial charge in [0.25, 0.3) is 0 Å². The molecule has 6 heteroatoms. The van der Waals surface area contributed by atoms with E-state index in [-0.39, 0.29) is 24.9 Å². The maximum atomic E-state index is 12.0. The number of carboxylic acid groups (broad SMARTS) is 1. The summed E-state index contributed by atoms with van der Waals surface area (Å²) in [5.41, 5.74) is 0.524. The molecule has 0 unspecified atom stereocenters. The van der Waals surface area contributed by atoms with Gasteiger partial charge in [0, 0.05) is 12.1 Å². The van der Waals surface area contributed by atoms with Crippen molar-refractivity contribution in [3.8, 4) is 0 Å². The van der Waals surface area contributed by atoms with E-state index in [4.69, 9.17) is 9.63 Å². The minimum Gasteiger partial charge on any atom is -0.480 e. The zero-order chi connectivity index (χ0) is 13.7. The smallest absolute Gasteiger partial charge is 0.323 e. The third-order valence-electron chi connectivity index (χ3n) is 2.76. The minimum atomic E-state index is -1.01. The second-order valence-electron chi connectivity index (χ2n) is 4.28. The molecule has 0 radical (unpaired) electrons. The highest BCUT2D eigenvalue weighted by molar-refractivity contribution is 5.83. The summed E-state index contributed by atoms with van der Waals surface area (Å²) in [6.07, 6.45) is 0.770. The molecule has 1 aromatic heterocycles. The number of amides is 1. The molecule has 0 aromatic carbocycles. The molecular weight excluding hydrogens is 236 g/mol. The molecule has 1 aromatic rings. The maximum Gasteiger partial charge on any atom is 0.323 e. The molecule has 6 nitrogen and oxygen atoms in total. The predicted molar refractivity (Wildman–Crippen MR) is 64.0 cm³/mol. The maximum absolute atomic E-state index is 12.0. The lowest BCUT2D eigenvalue weighted by Gasteiger charge is -2.26. The van der Waals surface area contributed by atoms with E-state index in [0.29, 0.717) is 17.9 Å². The number of nitrogens with zero attached hydrogens (tertiary/aromatic N) is 2. The van der Waals surface area contributed by atoms with Crippen molar-refractivity contribution in [2.75, 3.05) is 6.54 Å². The van der Waals surface area contributed by atoms with Gasteiger partial charge in [-0.15, -0.1) is 0 Å². The topological polar surface area (TPSA) is 83.6 Å². The Morgan fingerprint density at radius 3 is 2.67 bits per heavy atom. The van der Waals surface area contributed by atoms with E-state index in [2.05, 4.69) is 5.16 Å². The van der Waals surface area contributed by atoms with E-state index in [0.717, 1.165) is 0 Å². The van der Waals surface area contributed by atoms with Gasteiger partial charge < -0.3 is 14.5 Å². The van der Waals surface area contributed by atoms with Crippen LogP contribution in [0.15, 0.2) is 10.6 Å². The Kier molecular flexibility index (Phi) is 4.88. The van der Waals surface area contributed by atoms with Crippen molar-refractivity contribution in [1.29, 1.82) is 0 Å². The lowest BCUT2D eigenvalue weighted by atomic mass is 10.2. The number of carboxylic acids is 1. The second kappa shape index (κ2) is 6.18. The lowest BCUT2D eigenvalue weighted by Crippen LogP contribution is -2.42. The van der Waals surface area contributed by atoms with Gasteiger partial charge in [-0.05, 0) is 20.3 Å². The quantitative estimate of drug-likeness (QED) is 0.825. The van der Waals surface area contributed by atoms with Gasteiger partial charge in [0.05, 0.1) is 12.1 Å². The predicted octanol–water partition coefficient (Wildman–Crippen LogP) is 1.24. The summed E-state index contributed by atoms with van der Waals surface area (Å²) in [4.78, 5) is 24.2. The molecule has 1 atom stereocenters. The molecule has 1 heterocycles. The van der Waals surface area contributed by atoms with Crippen molar-refractivity contribution >= 4 is 11.9 Å². The number of aromatic nitrogens is 1. The number of carbonyl (C=O) groups is 2. The molecule has 0 fully saturated rings. The summed E-state index contributed by atoms with van der Waals surface area (Å²) in [6, 6.07) is 1.56. The average Bonchev–Trinajstić information content (AvgIpc) is 2.70. The first kappa shape index (κ1) is 14.2. The van der Waals surface area contributed by atoms with E-state index in [1.807, 2.05) is 13.8 Å². The van der Waals surface area contributed by atoms with E-state index < -0.39 is 5.97 Å². The van der Waals surface area contributed by atoms with Gasteiger partial charge in [-0.3, -0.25) is 9.59 Å². The van der Waals surface area contributed by atoms with Crippen LogP contribution in [-0.4, -0.2) is 39.6 Å². The molecular formula is C12H18N2O4. The normalized spacial score (nSPS) is 12.2. The zero-order valence-electron chi connectivity index (χ0n) is 10.8. The number of aliphatic carboxylic acids is 1. The first-order valence-corrected chi connectivity index (χ1v) is 5.87. The molecule has 0 saturated carbocycles. The number of carbonyl (C=O) groups excluding carboxylic acids is 1. The fraction of sp³-hybridized carbons (Fsp3) is 0.583. The van der Waals surface area contributed by atoms with E-state index >= 15 is 0 Å². The number of hydrogen-bond donors (Lipinski definition) is 1. The molecule has 1 amide bonds. The zero-order valence-corrected chi connectivity index (χ0v) is 10.8. The van der Waals surface area contributed by atoms with Gasteiger partial charge in [0.15, 0.2) is 0 Å². The van der Waals surface area contributed by atoms with Crippen LogP contribution < -0.4 is 0 Å². The van der Waals surface area contributed by atoms with Crippen molar-refractivity contribution in [3.05, 3.63) is 17.5 Å². The summed E-state index contributed by atoms with van der Waals surface area (Å²) >= 11 is 0. The summed E-state index contributed by atoms with van der Waals surface area (Å²) in [5.74, 6) is -0.633. The third kappa shape index (κ3) is 3.87. The minimum absolute atomic E-state index is 0.0644. The average molecular weight is 254 g/mol. The molecule has 0 spiro atoms. The Morgan fingerprint density at radius 2 is 2.22 bits per heavy atom. The highest BCUT2D eigenvalue weighted by Gasteiger charge is 2.22. The Labute approximate surface area is 106 Å². The Hall–Kier alpha value is -1.85. The van der Waals surface area contributed by atoms with Crippen LogP contribution in [0.2, 0.25) is 0 Å². The molecule has 100 valence electrons.